The van der Waals surface area contributed by atoms with Crippen molar-refractivity contribution in [3.8, 4) is 17.6 Å². The highest BCUT2D eigenvalue weighted by molar-refractivity contribution is 6.06. The molecule has 0 radical (unpaired) electrons. The summed E-state index contributed by atoms with van der Waals surface area (Å²) < 4.78 is 51.9. The van der Waals surface area contributed by atoms with Gasteiger partial charge in [0.1, 0.15) is 17.6 Å². The van der Waals surface area contributed by atoms with Gasteiger partial charge in [0.25, 0.3) is 5.91 Å². The minimum absolute atomic E-state index is 0.0931. The van der Waals surface area contributed by atoms with Crippen LogP contribution >= 0.6 is 0 Å². The molecule has 290 valence electrons. The number of hydrogen-bond acceptors (Lipinski definition) is 11. The van der Waals surface area contributed by atoms with Gasteiger partial charge in [0.2, 0.25) is 11.8 Å². The number of nitrogens with one attached hydrogen (secondary N) is 1. The number of alkyl halides is 3. The summed E-state index contributed by atoms with van der Waals surface area (Å²) >= 11 is 0. The monoisotopic (exact) mass is 760 g/mol. The van der Waals surface area contributed by atoms with Gasteiger partial charge in [-0.3, -0.25) is 24.6 Å². The van der Waals surface area contributed by atoms with E-state index in [4.69, 9.17) is 14.7 Å². The second-order valence-electron chi connectivity index (χ2n) is 14.3. The molecule has 3 amide bonds. The molecule has 13 nitrogen and oxygen atoms in total. The third-order valence-corrected chi connectivity index (χ3v) is 11.0. The maximum Gasteiger partial charge on any atom is 0.417 e. The Bertz CT molecular complexity index is 1950. The summed E-state index contributed by atoms with van der Waals surface area (Å²) in [5.74, 6) is 0.874. The lowest BCUT2D eigenvalue weighted by Gasteiger charge is -2.36. The highest BCUT2D eigenvalue weighted by Crippen LogP contribution is 2.38. The molecular weight excluding hydrogens is 717 g/mol. The minimum Gasteiger partial charge on any atom is -0.496 e. The molecule has 55 heavy (non-hydrogen) atoms. The standard InChI is InChI=1S/C39H43F3N8O5/c1-54-33-20-29(18-27-24-50(38(53)35(27)33)32-6-7-34(51)46-37(32)52)49-15-13-47(14-16-49)10-2-3-17-55-30-22-44-36(45-23-30)25-8-11-48(12-9-25)28-5-4-26(21-43)31(19-28)39(40,41)42/h4-5,18-20,22-23,25,32H,2-3,6-17,24H2,1H3,(H,46,51,52). The van der Waals surface area contributed by atoms with Crippen LogP contribution in [0, 0.1) is 11.3 Å². The van der Waals surface area contributed by atoms with Crippen LogP contribution in [0.25, 0.3) is 0 Å². The first kappa shape index (κ1) is 37.9. The quantitative estimate of drug-likeness (QED) is 0.218. The van der Waals surface area contributed by atoms with E-state index in [1.807, 2.05) is 17.0 Å². The average Bonchev–Trinajstić information content (AvgIpc) is 3.52. The molecule has 0 bridgehead atoms. The number of rotatable bonds is 11. The fourth-order valence-electron chi connectivity index (χ4n) is 7.92. The number of imide groups is 1. The Morgan fingerprint density at radius 2 is 1.65 bits per heavy atom. The Morgan fingerprint density at radius 1 is 0.927 bits per heavy atom. The van der Waals surface area contributed by atoms with Gasteiger partial charge in [0.05, 0.1) is 48.9 Å². The zero-order valence-corrected chi connectivity index (χ0v) is 30.6. The van der Waals surface area contributed by atoms with E-state index < -0.39 is 23.7 Å². The van der Waals surface area contributed by atoms with Crippen molar-refractivity contribution in [3.05, 3.63) is 70.8 Å². The number of benzene rings is 2. The predicted molar refractivity (Wildman–Crippen MR) is 195 cm³/mol. The van der Waals surface area contributed by atoms with E-state index in [-0.39, 0.29) is 29.7 Å². The first-order chi connectivity index (χ1) is 26.5. The summed E-state index contributed by atoms with van der Waals surface area (Å²) in [7, 11) is 1.54. The van der Waals surface area contributed by atoms with Crippen molar-refractivity contribution in [2.24, 2.45) is 0 Å². The number of amides is 3. The lowest BCUT2D eigenvalue weighted by atomic mass is 9.95. The first-order valence-electron chi connectivity index (χ1n) is 18.7. The number of halogens is 3. The van der Waals surface area contributed by atoms with Crippen LogP contribution in [-0.4, -0.2) is 103 Å². The molecule has 7 rings (SSSR count). The molecule has 4 aliphatic rings. The Morgan fingerprint density at radius 3 is 2.33 bits per heavy atom. The summed E-state index contributed by atoms with van der Waals surface area (Å²) in [6, 6.07) is 8.73. The largest absolute Gasteiger partial charge is 0.496 e. The Balaban J connectivity index is 0.821. The number of methoxy groups -OCH3 is 1. The van der Waals surface area contributed by atoms with E-state index in [1.54, 1.807) is 36.5 Å². The van der Waals surface area contributed by atoms with E-state index in [1.165, 1.54) is 6.07 Å². The molecule has 3 fully saturated rings. The van der Waals surface area contributed by atoms with Crippen LogP contribution in [0.15, 0.2) is 42.7 Å². The number of hydrogen-bond donors (Lipinski definition) is 1. The average molecular weight is 761 g/mol. The summed E-state index contributed by atoms with van der Waals surface area (Å²) in [5.41, 5.74) is 1.44. The van der Waals surface area contributed by atoms with E-state index in [2.05, 4.69) is 25.1 Å². The van der Waals surface area contributed by atoms with Gasteiger partial charge in [-0.1, -0.05) is 0 Å². The lowest BCUT2D eigenvalue weighted by molar-refractivity contribution is -0.138. The molecule has 4 aliphatic heterocycles. The van der Waals surface area contributed by atoms with E-state index in [0.29, 0.717) is 74.1 Å². The van der Waals surface area contributed by atoms with Crippen molar-refractivity contribution < 1.29 is 37.0 Å². The third kappa shape index (κ3) is 8.31. The maximum absolute atomic E-state index is 13.4. The first-order valence-corrected chi connectivity index (χ1v) is 18.7. The number of fused-ring (bicyclic) bond motifs is 1. The van der Waals surface area contributed by atoms with Gasteiger partial charge in [-0.15, -0.1) is 0 Å². The number of aromatic nitrogens is 2. The van der Waals surface area contributed by atoms with Crippen molar-refractivity contribution in [2.75, 3.05) is 69.3 Å². The molecule has 3 saturated heterocycles. The Kier molecular flexibility index (Phi) is 11.1. The number of carbonyl (C=O) groups is 3. The van der Waals surface area contributed by atoms with Gasteiger partial charge in [0, 0.05) is 75.6 Å². The van der Waals surface area contributed by atoms with Crippen molar-refractivity contribution in [1.29, 1.82) is 5.26 Å². The predicted octanol–water partition coefficient (Wildman–Crippen LogP) is 4.50. The van der Waals surface area contributed by atoms with Gasteiger partial charge < -0.3 is 24.2 Å². The van der Waals surface area contributed by atoms with E-state index in [9.17, 15) is 27.6 Å². The molecule has 0 spiro atoms. The molecule has 16 heteroatoms. The van der Waals surface area contributed by atoms with Crippen LogP contribution in [0.1, 0.15) is 77.3 Å². The molecule has 1 aromatic heterocycles. The smallest absolute Gasteiger partial charge is 0.417 e. The van der Waals surface area contributed by atoms with Crippen molar-refractivity contribution in [2.45, 2.75) is 63.2 Å². The number of nitrogens with zero attached hydrogens (tertiary/aromatic N) is 7. The Labute approximate surface area is 317 Å². The van der Waals surface area contributed by atoms with Gasteiger partial charge in [0.15, 0.2) is 5.75 Å². The molecule has 2 aromatic carbocycles. The van der Waals surface area contributed by atoms with Crippen molar-refractivity contribution in [3.63, 3.8) is 0 Å². The van der Waals surface area contributed by atoms with Gasteiger partial charge in [-0.25, -0.2) is 9.97 Å². The van der Waals surface area contributed by atoms with Crippen LogP contribution in [0.3, 0.4) is 0 Å². The second-order valence-corrected chi connectivity index (χ2v) is 14.3. The van der Waals surface area contributed by atoms with Gasteiger partial charge in [-0.05, 0) is 68.5 Å². The number of piperidine rings is 2. The highest BCUT2D eigenvalue weighted by Gasteiger charge is 2.41. The molecule has 5 heterocycles. The minimum atomic E-state index is -4.59. The fraction of sp³-hybridized carbons (Fsp3) is 0.487. The number of unbranched alkanes of at least 4 members (excludes halogenated alkanes) is 1. The SMILES string of the molecule is COc1cc(N2CCN(CCCCOc3cnc(C4CCN(c5ccc(C#N)c(C(F)(F)F)c5)CC4)nc3)CC2)cc2c1C(=O)N(C1CCC(=O)NC1=O)C2. The second kappa shape index (κ2) is 16.1. The van der Waals surface area contributed by atoms with Crippen molar-refractivity contribution in [1.82, 2.24) is 25.1 Å². The lowest BCUT2D eigenvalue weighted by Crippen LogP contribution is -2.52. The number of piperazine rings is 1. The number of nitriles is 1. The normalized spacial score (nSPS) is 19.7. The maximum atomic E-state index is 13.4. The summed E-state index contributed by atoms with van der Waals surface area (Å²) in [5, 5.41) is 11.4. The molecule has 0 aliphatic carbocycles. The highest BCUT2D eigenvalue weighted by atomic mass is 19.4. The van der Waals surface area contributed by atoms with Crippen LogP contribution in [0.2, 0.25) is 0 Å². The molecule has 0 saturated carbocycles. The molecule has 1 unspecified atom stereocenters. The Hall–Kier alpha value is -5.43. The topological polar surface area (TPSA) is 144 Å². The summed E-state index contributed by atoms with van der Waals surface area (Å²) in [6.07, 6.45) is 2.51. The number of ether oxygens (including phenoxy) is 2. The van der Waals surface area contributed by atoms with Crippen LogP contribution < -0.4 is 24.6 Å². The van der Waals surface area contributed by atoms with E-state index in [0.717, 1.165) is 62.9 Å². The van der Waals surface area contributed by atoms with Crippen LogP contribution in [0.5, 0.6) is 11.5 Å². The number of anilines is 2. The summed E-state index contributed by atoms with van der Waals surface area (Å²) in [4.78, 5) is 54.7. The molecule has 1 atom stereocenters. The zero-order valence-electron chi connectivity index (χ0n) is 30.6. The molecule has 1 N–H and O–H groups in total. The third-order valence-electron chi connectivity index (χ3n) is 11.0. The van der Waals surface area contributed by atoms with Gasteiger partial charge >= 0.3 is 6.18 Å². The van der Waals surface area contributed by atoms with Crippen LogP contribution in [0.4, 0.5) is 24.5 Å². The molecule has 3 aromatic rings. The van der Waals surface area contributed by atoms with Gasteiger partial charge in [-0.2, -0.15) is 18.4 Å². The zero-order chi connectivity index (χ0) is 38.7. The fourth-order valence-corrected chi connectivity index (χ4v) is 7.92. The molecular formula is C39H43F3N8O5. The van der Waals surface area contributed by atoms with Crippen LogP contribution in [-0.2, 0) is 22.3 Å². The summed E-state index contributed by atoms with van der Waals surface area (Å²) in [6.45, 7) is 6.30. The van der Waals surface area contributed by atoms with Crippen molar-refractivity contribution >= 4 is 29.1 Å². The number of carbonyl (C=O) groups excluding carboxylic acids is 3. The van der Waals surface area contributed by atoms with E-state index >= 15 is 0 Å².